The van der Waals surface area contributed by atoms with Crippen LogP contribution in [0.2, 0.25) is 5.02 Å². The molecule has 0 saturated heterocycles. The Bertz CT molecular complexity index is 537. The van der Waals surface area contributed by atoms with E-state index in [0.29, 0.717) is 10.8 Å². The molecular weight excluding hydrogens is 238 g/mol. The highest BCUT2D eigenvalue weighted by Gasteiger charge is 2.15. The summed E-state index contributed by atoms with van der Waals surface area (Å²) in [6.07, 6.45) is 0.799. The van der Waals surface area contributed by atoms with Gasteiger partial charge in [0.15, 0.2) is 0 Å². The van der Waals surface area contributed by atoms with Gasteiger partial charge in [-0.15, -0.1) is 0 Å². The molecule has 1 aromatic carbocycles. The minimum atomic E-state index is 0.518. The molecule has 0 saturated carbocycles. The summed E-state index contributed by atoms with van der Waals surface area (Å²) in [5.74, 6) is 1.26. The molecule has 1 heterocycles. The summed E-state index contributed by atoms with van der Waals surface area (Å²) in [6, 6.07) is 5.45. The molecular formula is C12H14ClN3O. The van der Waals surface area contributed by atoms with Gasteiger partial charge in [-0.25, -0.2) is 0 Å². The quantitative estimate of drug-likeness (QED) is 0.882. The Morgan fingerprint density at radius 1 is 1.47 bits per heavy atom. The maximum atomic E-state index is 6.00. The molecule has 0 spiro atoms. The highest BCUT2D eigenvalue weighted by molar-refractivity contribution is 6.31. The first-order chi connectivity index (χ1) is 8.17. The first kappa shape index (κ1) is 11.8. The number of methoxy groups -OCH3 is 1. The Labute approximate surface area is 105 Å². The lowest BCUT2D eigenvalue weighted by molar-refractivity contribution is 0.416. The predicted molar refractivity (Wildman–Crippen MR) is 69.4 cm³/mol. The average Bonchev–Trinajstić information content (AvgIpc) is 2.70. The molecule has 2 rings (SSSR count). The number of rotatable bonds is 3. The second kappa shape index (κ2) is 4.67. The van der Waals surface area contributed by atoms with Crippen LogP contribution in [-0.4, -0.2) is 17.3 Å². The number of halogens is 1. The van der Waals surface area contributed by atoms with Crippen molar-refractivity contribution < 1.29 is 4.74 Å². The van der Waals surface area contributed by atoms with Crippen LogP contribution in [0.25, 0.3) is 11.3 Å². The summed E-state index contributed by atoms with van der Waals surface area (Å²) in [7, 11) is 1.62. The molecule has 0 atom stereocenters. The van der Waals surface area contributed by atoms with Crippen LogP contribution in [0.5, 0.6) is 5.75 Å². The number of nitrogens with two attached hydrogens (primary N) is 1. The van der Waals surface area contributed by atoms with Crippen LogP contribution in [-0.2, 0) is 6.42 Å². The fourth-order valence-electron chi connectivity index (χ4n) is 1.84. The molecule has 0 radical (unpaired) electrons. The van der Waals surface area contributed by atoms with Crippen molar-refractivity contribution in [1.29, 1.82) is 0 Å². The zero-order chi connectivity index (χ0) is 12.4. The third-order valence-corrected chi connectivity index (χ3v) is 2.92. The topological polar surface area (TPSA) is 63.9 Å². The first-order valence-electron chi connectivity index (χ1n) is 5.34. The summed E-state index contributed by atoms with van der Waals surface area (Å²) in [5.41, 5.74) is 8.52. The van der Waals surface area contributed by atoms with Crippen LogP contribution in [0.15, 0.2) is 18.2 Å². The highest BCUT2D eigenvalue weighted by atomic mass is 35.5. The molecule has 1 aromatic heterocycles. The van der Waals surface area contributed by atoms with E-state index in [1.807, 2.05) is 19.1 Å². The number of nitrogens with one attached hydrogen (secondary N) is 1. The van der Waals surface area contributed by atoms with Gasteiger partial charge in [0.1, 0.15) is 11.6 Å². The SMILES string of the molecule is CCc1c(N)n[nH]c1-c1cc(Cl)ccc1OC. The summed E-state index contributed by atoms with van der Waals surface area (Å²) >= 11 is 6.00. The summed E-state index contributed by atoms with van der Waals surface area (Å²) in [5, 5.41) is 7.60. The zero-order valence-corrected chi connectivity index (χ0v) is 10.5. The molecule has 0 unspecified atom stereocenters. The lowest BCUT2D eigenvalue weighted by Crippen LogP contribution is -1.93. The van der Waals surface area contributed by atoms with Crippen molar-refractivity contribution >= 4 is 17.4 Å². The number of nitrogen functional groups attached to an aromatic ring is 1. The van der Waals surface area contributed by atoms with Gasteiger partial charge in [0.2, 0.25) is 0 Å². The molecule has 2 aromatic rings. The molecule has 0 fully saturated rings. The molecule has 0 amide bonds. The number of hydrogen-bond donors (Lipinski definition) is 2. The third-order valence-electron chi connectivity index (χ3n) is 2.68. The molecule has 0 aliphatic heterocycles. The van der Waals surface area contributed by atoms with Crippen LogP contribution in [0.3, 0.4) is 0 Å². The van der Waals surface area contributed by atoms with Gasteiger partial charge >= 0.3 is 0 Å². The molecule has 17 heavy (non-hydrogen) atoms. The smallest absolute Gasteiger partial charge is 0.149 e. The maximum Gasteiger partial charge on any atom is 0.149 e. The molecule has 90 valence electrons. The van der Waals surface area contributed by atoms with Gasteiger partial charge in [-0.3, -0.25) is 5.10 Å². The van der Waals surface area contributed by atoms with Gasteiger partial charge in [-0.05, 0) is 24.6 Å². The molecule has 5 heteroatoms. The second-order valence-corrected chi connectivity index (χ2v) is 4.10. The van der Waals surface area contributed by atoms with Crippen molar-refractivity contribution in [3.8, 4) is 17.0 Å². The van der Waals surface area contributed by atoms with E-state index >= 15 is 0 Å². The van der Waals surface area contributed by atoms with E-state index in [9.17, 15) is 0 Å². The summed E-state index contributed by atoms with van der Waals surface area (Å²) in [4.78, 5) is 0. The molecule has 4 nitrogen and oxygen atoms in total. The van der Waals surface area contributed by atoms with Crippen LogP contribution in [0, 0.1) is 0 Å². The second-order valence-electron chi connectivity index (χ2n) is 3.66. The van der Waals surface area contributed by atoms with E-state index in [2.05, 4.69) is 10.2 Å². The minimum Gasteiger partial charge on any atom is -0.496 e. The summed E-state index contributed by atoms with van der Waals surface area (Å²) in [6.45, 7) is 2.03. The number of benzene rings is 1. The zero-order valence-electron chi connectivity index (χ0n) is 9.75. The highest BCUT2D eigenvalue weighted by Crippen LogP contribution is 2.34. The van der Waals surface area contributed by atoms with Gasteiger partial charge in [-0.2, -0.15) is 5.10 Å². The lowest BCUT2D eigenvalue weighted by Gasteiger charge is -2.08. The molecule has 0 bridgehead atoms. The number of aromatic amines is 1. The van der Waals surface area contributed by atoms with E-state index in [0.717, 1.165) is 29.0 Å². The third kappa shape index (κ3) is 2.08. The Balaban J connectivity index is 2.62. The average molecular weight is 252 g/mol. The number of hydrogen-bond acceptors (Lipinski definition) is 3. The number of ether oxygens (including phenoxy) is 1. The Hall–Kier alpha value is -1.68. The fraction of sp³-hybridized carbons (Fsp3) is 0.250. The van der Waals surface area contributed by atoms with Gasteiger partial charge < -0.3 is 10.5 Å². The van der Waals surface area contributed by atoms with Crippen molar-refractivity contribution in [2.24, 2.45) is 0 Å². The van der Waals surface area contributed by atoms with Gasteiger partial charge in [0.25, 0.3) is 0 Å². The van der Waals surface area contributed by atoms with E-state index in [4.69, 9.17) is 22.1 Å². The van der Waals surface area contributed by atoms with Crippen LogP contribution < -0.4 is 10.5 Å². The van der Waals surface area contributed by atoms with E-state index in [-0.39, 0.29) is 0 Å². The van der Waals surface area contributed by atoms with E-state index in [1.54, 1.807) is 13.2 Å². The maximum absolute atomic E-state index is 6.00. The van der Waals surface area contributed by atoms with E-state index < -0.39 is 0 Å². The Morgan fingerprint density at radius 2 is 2.24 bits per heavy atom. The Kier molecular flexibility index (Phi) is 3.24. The Morgan fingerprint density at radius 3 is 2.88 bits per heavy atom. The van der Waals surface area contributed by atoms with Gasteiger partial charge in [0, 0.05) is 16.1 Å². The fourth-order valence-corrected chi connectivity index (χ4v) is 2.01. The predicted octanol–water partition coefficient (Wildman–Crippen LogP) is 2.88. The van der Waals surface area contributed by atoms with Crippen LogP contribution in [0.1, 0.15) is 12.5 Å². The largest absolute Gasteiger partial charge is 0.496 e. The van der Waals surface area contributed by atoms with Gasteiger partial charge in [-0.1, -0.05) is 18.5 Å². The number of aromatic nitrogens is 2. The lowest BCUT2D eigenvalue weighted by atomic mass is 10.0. The van der Waals surface area contributed by atoms with E-state index in [1.165, 1.54) is 0 Å². The van der Waals surface area contributed by atoms with Gasteiger partial charge in [0.05, 0.1) is 12.8 Å². The summed E-state index contributed by atoms with van der Waals surface area (Å²) < 4.78 is 5.32. The number of anilines is 1. The van der Waals surface area contributed by atoms with Crippen molar-refractivity contribution in [3.05, 3.63) is 28.8 Å². The monoisotopic (exact) mass is 251 g/mol. The van der Waals surface area contributed by atoms with Crippen molar-refractivity contribution in [1.82, 2.24) is 10.2 Å². The number of nitrogens with zero attached hydrogens (tertiary/aromatic N) is 1. The van der Waals surface area contributed by atoms with Crippen molar-refractivity contribution in [2.75, 3.05) is 12.8 Å². The molecule has 0 aliphatic carbocycles. The van der Waals surface area contributed by atoms with Crippen LogP contribution in [0.4, 0.5) is 5.82 Å². The minimum absolute atomic E-state index is 0.518. The first-order valence-corrected chi connectivity index (χ1v) is 5.71. The molecule has 0 aliphatic rings. The number of H-pyrrole nitrogens is 1. The molecule has 3 N–H and O–H groups in total. The normalized spacial score (nSPS) is 10.5. The standard InChI is InChI=1S/C12H14ClN3O/c1-3-8-11(15-16-12(8)14)9-6-7(13)4-5-10(9)17-2/h4-6H,3H2,1-2H3,(H3,14,15,16). The van der Waals surface area contributed by atoms with Crippen LogP contribution >= 0.6 is 11.6 Å². The van der Waals surface area contributed by atoms with Crippen molar-refractivity contribution in [2.45, 2.75) is 13.3 Å². The van der Waals surface area contributed by atoms with Crippen molar-refractivity contribution in [3.63, 3.8) is 0 Å².